The molecule has 2 amide bonds. The number of hydrogen-bond acceptors (Lipinski definition) is 6. The van der Waals surface area contributed by atoms with Gasteiger partial charge in [0, 0.05) is 12.0 Å². The van der Waals surface area contributed by atoms with E-state index in [4.69, 9.17) is 0 Å². The summed E-state index contributed by atoms with van der Waals surface area (Å²) in [6.07, 6.45) is -0.846. The summed E-state index contributed by atoms with van der Waals surface area (Å²) in [5.41, 5.74) is -0.179. The summed E-state index contributed by atoms with van der Waals surface area (Å²) >= 11 is 0. The van der Waals surface area contributed by atoms with Crippen LogP contribution in [-0.2, 0) is 15.2 Å². The zero-order valence-corrected chi connectivity index (χ0v) is 19.7. The Labute approximate surface area is 201 Å². The van der Waals surface area contributed by atoms with Crippen molar-refractivity contribution in [3.63, 3.8) is 0 Å². The van der Waals surface area contributed by atoms with Gasteiger partial charge < -0.3 is 10.4 Å². The molecule has 9 nitrogen and oxygen atoms in total. The number of benzene rings is 2. The van der Waals surface area contributed by atoms with Gasteiger partial charge in [-0.1, -0.05) is 44.2 Å². The second kappa shape index (κ2) is 7.47. The standard InChI is InChI=1S/C26H27N5O4/c1-13(2)20-24(34)31-18-11-7-5-9-16(18)26(35,25(31)29-20)12-19-22(32)27-14(3)21-28-17-10-6-4-8-15(17)23(33)30(19)21/h4-11,13-14,19-20,25,29,35H,12H2,1-3H3,(H,27,32)/t14-,19-,20+,25-,26-/m1/s1. The van der Waals surface area contributed by atoms with Crippen LogP contribution in [0.5, 0.6) is 0 Å². The van der Waals surface area contributed by atoms with Crippen molar-refractivity contribution in [1.82, 2.24) is 20.2 Å². The molecular weight excluding hydrogens is 446 g/mol. The summed E-state index contributed by atoms with van der Waals surface area (Å²) < 4.78 is 1.42. The Balaban J connectivity index is 1.51. The first kappa shape index (κ1) is 21.9. The maximum Gasteiger partial charge on any atom is 0.262 e. The van der Waals surface area contributed by atoms with Gasteiger partial charge >= 0.3 is 0 Å². The highest BCUT2D eigenvalue weighted by atomic mass is 16.3. The Morgan fingerprint density at radius 2 is 1.80 bits per heavy atom. The quantitative estimate of drug-likeness (QED) is 0.533. The molecule has 1 saturated heterocycles. The number of fused-ring (bicyclic) bond motifs is 5. The van der Waals surface area contributed by atoms with E-state index < -0.39 is 29.9 Å². The van der Waals surface area contributed by atoms with Gasteiger partial charge in [0.05, 0.1) is 28.7 Å². The molecule has 1 fully saturated rings. The number of anilines is 1. The highest BCUT2D eigenvalue weighted by Gasteiger charge is 2.59. The van der Waals surface area contributed by atoms with Crippen molar-refractivity contribution in [2.75, 3.05) is 4.90 Å². The summed E-state index contributed by atoms with van der Waals surface area (Å²) in [6.45, 7) is 5.68. The van der Waals surface area contributed by atoms with Crippen LogP contribution >= 0.6 is 0 Å². The van der Waals surface area contributed by atoms with E-state index in [1.165, 1.54) is 4.57 Å². The Bertz CT molecular complexity index is 1450. The predicted octanol–water partition coefficient (Wildman–Crippen LogP) is 1.71. The summed E-state index contributed by atoms with van der Waals surface area (Å²) in [6, 6.07) is 12.3. The number of aromatic nitrogens is 2. The van der Waals surface area contributed by atoms with Crippen LogP contribution in [0.2, 0.25) is 0 Å². The van der Waals surface area contributed by atoms with E-state index in [1.54, 1.807) is 48.2 Å². The van der Waals surface area contributed by atoms with Crippen molar-refractivity contribution in [3.8, 4) is 0 Å². The minimum atomic E-state index is -1.60. The van der Waals surface area contributed by atoms with Crippen molar-refractivity contribution in [1.29, 1.82) is 0 Å². The topological polar surface area (TPSA) is 117 Å². The number of aliphatic hydroxyl groups is 1. The lowest BCUT2D eigenvalue weighted by molar-refractivity contribution is -0.129. The van der Waals surface area contributed by atoms with E-state index in [0.29, 0.717) is 28.0 Å². The predicted molar refractivity (Wildman–Crippen MR) is 130 cm³/mol. The van der Waals surface area contributed by atoms with Gasteiger partial charge in [0.1, 0.15) is 23.6 Å². The molecule has 3 aliphatic rings. The summed E-state index contributed by atoms with van der Waals surface area (Å²) in [7, 11) is 0. The van der Waals surface area contributed by atoms with Gasteiger partial charge in [-0.25, -0.2) is 4.98 Å². The van der Waals surface area contributed by atoms with Crippen LogP contribution < -0.4 is 21.1 Å². The largest absolute Gasteiger partial charge is 0.381 e. The first-order chi connectivity index (χ1) is 16.7. The van der Waals surface area contributed by atoms with Gasteiger partial charge in [0.25, 0.3) is 5.56 Å². The molecule has 2 aromatic carbocycles. The second-order valence-corrected chi connectivity index (χ2v) is 10.1. The molecule has 6 rings (SSSR count). The minimum Gasteiger partial charge on any atom is -0.381 e. The van der Waals surface area contributed by atoms with E-state index in [2.05, 4.69) is 15.6 Å². The van der Waals surface area contributed by atoms with Gasteiger partial charge in [0.2, 0.25) is 11.8 Å². The van der Waals surface area contributed by atoms with Crippen LogP contribution in [0.25, 0.3) is 10.9 Å². The summed E-state index contributed by atoms with van der Waals surface area (Å²) in [5, 5.41) is 18.9. The van der Waals surface area contributed by atoms with Crippen LogP contribution in [0, 0.1) is 5.92 Å². The smallest absolute Gasteiger partial charge is 0.262 e. The number of rotatable bonds is 3. The summed E-state index contributed by atoms with van der Waals surface area (Å²) in [5.74, 6) is -0.0126. The third kappa shape index (κ3) is 2.94. The number of nitrogens with zero attached hydrogens (tertiary/aromatic N) is 3. The minimum absolute atomic E-state index is 0.0160. The summed E-state index contributed by atoms with van der Waals surface area (Å²) in [4.78, 5) is 46.5. The fraction of sp³-hybridized carbons (Fsp3) is 0.385. The molecule has 3 N–H and O–H groups in total. The number of amides is 2. The normalized spacial score (nSPS) is 29.3. The van der Waals surface area contributed by atoms with Gasteiger partial charge in [0.15, 0.2) is 0 Å². The Morgan fingerprint density at radius 3 is 2.57 bits per heavy atom. The average molecular weight is 474 g/mol. The van der Waals surface area contributed by atoms with Crippen molar-refractivity contribution in [3.05, 3.63) is 70.3 Å². The lowest BCUT2D eigenvalue weighted by Gasteiger charge is -2.37. The Hall–Kier alpha value is -3.56. The highest BCUT2D eigenvalue weighted by molar-refractivity contribution is 6.03. The first-order valence-corrected chi connectivity index (χ1v) is 11.9. The van der Waals surface area contributed by atoms with Gasteiger partial charge in [-0.15, -0.1) is 0 Å². The van der Waals surface area contributed by atoms with Gasteiger partial charge in [-0.2, -0.15) is 0 Å². The number of nitrogens with one attached hydrogen (secondary N) is 2. The molecule has 0 saturated carbocycles. The molecule has 0 bridgehead atoms. The van der Waals surface area contributed by atoms with Gasteiger partial charge in [-0.3, -0.25) is 29.2 Å². The molecule has 4 heterocycles. The van der Waals surface area contributed by atoms with E-state index in [9.17, 15) is 19.5 Å². The van der Waals surface area contributed by atoms with Crippen LogP contribution in [0.3, 0.4) is 0 Å². The van der Waals surface area contributed by atoms with E-state index in [1.807, 2.05) is 26.0 Å². The maximum absolute atomic E-state index is 13.6. The fourth-order valence-electron chi connectivity index (χ4n) is 5.84. The number of hydrogen-bond donors (Lipinski definition) is 3. The zero-order valence-electron chi connectivity index (χ0n) is 19.7. The average Bonchev–Trinajstić information content (AvgIpc) is 3.31. The van der Waals surface area contributed by atoms with Crippen LogP contribution in [0.1, 0.15) is 50.7 Å². The van der Waals surface area contributed by atoms with E-state index >= 15 is 0 Å². The number of carbonyl (C=O) groups excluding carboxylic acids is 2. The SMILES string of the molecule is CC(C)[C@@H]1N[C@@H]2N(C1=O)c1ccccc1[C@]2(O)C[C@@H]1C(=O)N[C@H](C)c2nc3ccccc3c(=O)n21. The third-order valence-electron chi connectivity index (χ3n) is 7.55. The maximum atomic E-state index is 13.6. The molecule has 180 valence electrons. The molecule has 3 aliphatic heterocycles. The molecule has 1 aromatic heterocycles. The Kier molecular flexibility index (Phi) is 4.68. The molecule has 0 unspecified atom stereocenters. The molecular formula is C26H27N5O4. The first-order valence-electron chi connectivity index (χ1n) is 11.9. The number of para-hydroxylation sites is 2. The lowest BCUT2D eigenvalue weighted by Crippen LogP contribution is -2.54. The molecule has 0 spiro atoms. The lowest BCUT2D eigenvalue weighted by atomic mass is 9.85. The monoisotopic (exact) mass is 473 g/mol. The van der Waals surface area contributed by atoms with Crippen LogP contribution in [0.4, 0.5) is 5.69 Å². The molecule has 0 aliphatic carbocycles. The second-order valence-electron chi connectivity index (χ2n) is 10.1. The third-order valence-corrected chi connectivity index (χ3v) is 7.55. The van der Waals surface area contributed by atoms with E-state index in [-0.39, 0.29) is 29.7 Å². The molecule has 35 heavy (non-hydrogen) atoms. The van der Waals surface area contributed by atoms with Gasteiger partial charge in [-0.05, 0) is 31.0 Å². The molecule has 9 heteroatoms. The number of carbonyl (C=O) groups is 2. The highest BCUT2D eigenvalue weighted by Crippen LogP contribution is 2.50. The van der Waals surface area contributed by atoms with Crippen molar-refractivity contribution < 1.29 is 14.7 Å². The Morgan fingerprint density at radius 1 is 1.09 bits per heavy atom. The van der Waals surface area contributed by atoms with E-state index in [0.717, 1.165) is 0 Å². The van der Waals surface area contributed by atoms with Crippen molar-refractivity contribution in [2.45, 2.75) is 57.1 Å². The molecule has 3 aromatic rings. The molecule has 0 radical (unpaired) electrons. The van der Waals surface area contributed by atoms with Crippen LogP contribution in [0.15, 0.2) is 53.3 Å². The fourth-order valence-corrected chi connectivity index (χ4v) is 5.84. The molecule has 5 atom stereocenters. The van der Waals surface area contributed by atoms with Crippen molar-refractivity contribution >= 4 is 28.4 Å². The van der Waals surface area contributed by atoms with Crippen molar-refractivity contribution in [2.24, 2.45) is 5.92 Å². The van der Waals surface area contributed by atoms with Crippen LogP contribution in [-0.4, -0.2) is 38.7 Å². The zero-order chi connectivity index (χ0) is 24.6.